The standard InChI is InChI=1S/C27H31NO3/c1-19-8-7-10-22(16-19)31-20(2)26(29)17-28-15-14-24-23-11-4-3-9-21(23)18-30-27-13-6-5-12-25(24)27/h3-13,16,20,24,26,28-29H,14-15,17-18H2,1-2H3. The Balaban J connectivity index is 1.35. The third-order valence-electron chi connectivity index (χ3n) is 5.92. The number of aliphatic hydroxyl groups excluding tert-OH is 1. The molecule has 2 N–H and O–H groups in total. The maximum atomic E-state index is 10.5. The van der Waals surface area contributed by atoms with Crippen molar-refractivity contribution < 1.29 is 14.6 Å². The third-order valence-corrected chi connectivity index (χ3v) is 5.92. The summed E-state index contributed by atoms with van der Waals surface area (Å²) >= 11 is 0. The molecule has 0 saturated heterocycles. The summed E-state index contributed by atoms with van der Waals surface area (Å²) in [6.45, 7) is 5.82. The molecule has 0 saturated carbocycles. The van der Waals surface area contributed by atoms with Gasteiger partial charge in [0.25, 0.3) is 0 Å². The van der Waals surface area contributed by atoms with Crippen LogP contribution in [0.5, 0.6) is 11.5 Å². The highest BCUT2D eigenvalue weighted by atomic mass is 16.5. The van der Waals surface area contributed by atoms with Gasteiger partial charge in [-0.3, -0.25) is 0 Å². The molecule has 1 aliphatic heterocycles. The van der Waals surface area contributed by atoms with Crippen molar-refractivity contribution in [1.29, 1.82) is 0 Å². The first-order valence-electron chi connectivity index (χ1n) is 11.0. The second kappa shape index (κ2) is 9.99. The Kier molecular flexibility index (Phi) is 6.90. The number of fused-ring (bicyclic) bond motifs is 2. The van der Waals surface area contributed by atoms with E-state index in [0.29, 0.717) is 13.2 Å². The van der Waals surface area contributed by atoms with Crippen LogP contribution in [0, 0.1) is 6.92 Å². The minimum absolute atomic E-state index is 0.264. The Morgan fingerprint density at radius 2 is 1.81 bits per heavy atom. The second-order valence-electron chi connectivity index (χ2n) is 8.28. The van der Waals surface area contributed by atoms with Crippen LogP contribution >= 0.6 is 0 Å². The van der Waals surface area contributed by atoms with E-state index in [1.165, 1.54) is 16.7 Å². The Hall–Kier alpha value is -2.82. The molecule has 4 rings (SSSR count). The third kappa shape index (κ3) is 5.27. The average Bonchev–Trinajstić information content (AvgIpc) is 2.93. The number of benzene rings is 3. The maximum absolute atomic E-state index is 10.5. The van der Waals surface area contributed by atoms with Gasteiger partial charge in [0.05, 0.1) is 0 Å². The van der Waals surface area contributed by atoms with E-state index in [9.17, 15) is 5.11 Å². The van der Waals surface area contributed by atoms with E-state index in [2.05, 4.69) is 47.8 Å². The van der Waals surface area contributed by atoms with Gasteiger partial charge in [-0.1, -0.05) is 54.6 Å². The molecule has 4 nitrogen and oxygen atoms in total. The first-order chi connectivity index (χ1) is 15.1. The number of aryl methyl sites for hydroxylation is 1. The predicted molar refractivity (Wildman–Crippen MR) is 124 cm³/mol. The molecule has 0 fully saturated rings. The lowest BCUT2D eigenvalue weighted by Crippen LogP contribution is -2.38. The number of rotatable bonds is 8. The largest absolute Gasteiger partial charge is 0.489 e. The summed E-state index contributed by atoms with van der Waals surface area (Å²) in [5, 5.41) is 14.0. The zero-order valence-electron chi connectivity index (χ0n) is 18.3. The highest BCUT2D eigenvalue weighted by molar-refractivity contribution is 5.46. The van der Waals surface area contributed by atoms with Crippen LogP contribution in [0.1, 0.15) is 41.5 Å². The molecule has 0 bridgehead atoms. The van der Waals surface area contributed by atoms with Crippen molar-refractivity contribution in [3.05, 3.63) is 95.1 Å². The molecule has 0 aromatic heterocycles. The fourth-order valence-electron chi connectivity index (χ4n) is 4.18. The second-order valence-corrected chi connectivity index (χ2v) is 8.28. The van der Waals surface area contributed by atoms with E-state index < -0.39 is 6.10 Å². The molecule has 31 heavy (non-hydrogen) atoms. The van der Waals surface area contributed by atoms with E-state index in [1.807, 2.05) is 44.2 Å². The first-order valence-corrected chi connectivity index (χ1v) is 11.0. The summed E-state index contributed by atoms with van der Waals surface area (Å²) < 4.78 is 12.0. The fourth-order valence-corrected chi connectivity index (χ4v) is 4.18. The van der Waals surface area contributed by atoms with Gasteiger partial charge in [0.15, 0.2) is 0 Å². The SMILES string of the molecule is Cc1cccc(OC(C)C(O)CNCCC2c3ccccc3COc3ccccc32)c1. The van der Waals surface area contributed by atoms with Gasteiger partial charge in [0.2, 0.25) is 0 Å². The molecule has 0 aliphatic carbocycles. The van der Waals surface area contributed by atoms with Crippen molar-refractivity contribution >= 4 is 0 Å². The van der Waals surface area contributed by atoms with E-state index in [-0.39, 0.29) is 12.0 Å². The van der Waals surface area contributed by atoms with Gasteiger partial charge >= 0.3 is 0 Å². The zero-order chi connectivity index (χ0) is 21.6. The molecular weight excluding hydrogens is 386 g/mol. The molecule has 3 aromatic rings. The molecule has 4 heteroatoms. The quantitative estimate of drug-likeness (QED) is 0.516. The summed E-state index contributed by atoms with van der Waals surface area (Å²) in [7, 11) is 0. The molecule has 1 heterocycles. The van der Waals surface area contributed by atoms with Gasteiger partial charge in [-0.15, -0.1) is 0 Å². The van der Waals surface area contributed by atoms with Crippen molar-refractivity contribution in [2.75, 3.05) is 13.1 Å². The normalized spacial score (nSPS) is 16.9. The van der Waals surface area contributed by atoms with Crippen molar-refractivity contribution in [1.82, 2.24) is 5.32 Å². The van der Waals surface area contributed by atoms with E-state index in [1.54, 1.807) is 0 Å². The Labute approximate surface area is 184 Å². The summed E-state index contributed by atoms with van der Waals surface area (Å²) in [4.78, 5) is 0. The van der Waals surface area contributed by atoms with Crippen LogP contribution in [0.4, 0.5) is 0 Å². The van der Waals surface area contributed by atoms with Gasteiger partial charge in [-0.05, 0) is 61.7 Å². The lowest BCUT2D eigenvalue weighted by atomic mass is 9.86. The number of ether oxygens (including phenoxy) is 2. The molecule has 0 amide bonds. The topological polar surface area (TPSA) is 50.7 Å². The van der Waals surface area contributed by atoms with E-state index in [4.69, 9.17) is 9.47 Å². The van der Waals surface area contributed by atoms with Crippen LogP contribution in [0.3, 0.4) is 0 Å². The molecule has 3 atom stereocenters. The first kappa shape index (κ1) is 21.4. The van der Waals surface area contributed by atoms with Gasteiger partial charge in [0.1, 0.15) is 30.3 Å². The molecule has 3 aromatic carbocycles. The van der Waals surface area contributed by atoms with Gasteiger partial charge in [-0.25, -0.2) is 0 Å². The minimum Gasteiger partial charge on any atom is -0.489 e. The number of aliphatic hydroxyl groups is 1. The van der Waals surface area contributed by atoms with E-state index in [0.717, 1.165) is 30.0 Å². The number of hydrogen-bond acceptors (Lipinski definition) is 4. The summed E-state index contributed by atoms with van der Waals surface area (Å²) in [5.41, 5.74) is 4.94. The highest BCUT2D eigenvalue weighted by Gasteiger charge is 2.24. The molecule has 0 spiro atoms. The van der Waals surface area contributed by atoms with Crippen LogP contribution in [-0.2, 0) is 6.61 Å². The molecule has 0 radical (unpaired) electrons. The highest BCUT2D eigenvalue weighted by Crippen LogP contribution is 2.38. The lowest BCUT2D eigenvalue weighted by Gasteiger charge is -2.22. The van der Waals surface area contributed by atoms with Crippen LogP contribution < -0.4 is 14.8 Å². The predicted octanol–water partition coefficient (Wildman–Crippen LogP) is 4.83. The monoisotopic (exact) mass is 417 g/mol. The van der Waals surface area contributed by atoms with E-state index >= 15 is 0 Å². The van der Waals surface area contributed by atoms with Crippen molar-refractivity contribution in [2.24, 2.45) is 0 Å². The van der Waals surface area contributed by atoms with Crippen LogP contribution in [0.15, 0.2) is 72.8 Å². The summed E-state index contributed by atoms with van der Waals surface area (Å²) in [6.07, 6.45) is 0.0524. The molecule has 3 unspecified atom stereocenters. The van der Waals surface area contributed by atoms with Crippen LogP contribution in [-0.4, -0.2) is 30.4 Å². The smallest absolute Gasteiger partial charge is 0.123 e. The van der Waals surface area contributed by atoms with Crippen LogP contribution in [0.2, 0.25) is 0 Å². The maximum Gasteiger partial charge on any atom is 0.123 e. The molecular formula is C27H31NO3. The summed E-state index contributed by atoms with van der Waals surface area (Å²) in [6, 6.07) is 24.7. The van der Waals surface area contributed by atoms with Crippen molar-refractivity contribution in [3.63, 3.8) is 0 Å². The van der Waals surface area contributed by atoms with Gasteiger partial charge < -0.3 is 19.9 Å². The van der Waals surface area contributed by atoms with Gasteiger partial charge in [0, 0.05) is 18.0 Å². The zero-order valence-corrected chi connectivity index (χ0v) is 18.3. The number of nitrogens with one attached hydrogen (secondary N) is 1. The molecule has 1 aliphatic rings. The Bertz CT molecular complexity index is 956. The van der Waals surface area contributed by atoms with Crippen molar-refractivity contribution in [2.45, 2.75) is 45.0 Å². The number of para-hydroxylation sites is 1. The number of hydrogen-bond donors (Lipinski definition) is 2. The minimum atomic E-state index is -0.586. The lowest BCUT2D eigenvalue weighted by molar-refractivity contribution is 0.0477. The van der Waals surface area contributed by atoms with Gasteiger partial charge in [-0.2, -0.15) is 0 Å². The van der Waals surface area contributed by atoms with Crippen LogP contribution in [0.25, 0.3) is 0 Å². The summed E-state index contributed by atoms with van der Waals surface area (Å²) in [5.74, 6) is 2.02. The Morgan fingerprint density at radius 1 is 1.03 bits per heavy atom. The average molecular weight is 418 g/mol. The fraction of sp³-hybridized carbons (Fsp3) is 0.333. The molecule has 162 valence electrons. The van der Waals surface area contributed by atoms with Crippen molar-refractivity contribution in [3.8, 4) is 11.5 Å². The Morgan fingerprint density at radius 3 is 2.65 bits per heavy atom.